The van der Waals surface area contributed by atoms with Gasteiger partial charge in [0.05, 0.1) is 18.9 Å². The van der Waals surface area contributed by atoms with Gasteiger partial charge in [0.1, 0.15) is 5.69 Å². The number of carbonyl (C=O) groups excluding carboxylic acids is 3. The molecule has 2 aromatic rings. The van der Waals surface area contributed by atoms with Crippen LogP contribution in [0, 0.1) is 0 Å². The van der Waals surface area contributed by atoms with Gasteiger partial charge in [-0.05, 0) is 43.7 Å². The molecule has 0 N–H and O–H groups in total. The molecular weight excluding hydrogens is 390 g/mol. The van der Waals surface area contributed by atoms with E-state index in [1.807, 2.05) is 18.2 Å². The van der Waals surface area contributed by atoms with Crippen molar-refractivity contribution in [3.8, 4) is 0 Å². The lowest BCUT2D eigenvalue weighted by Crippen LogP contribution is -2.21. The third-order valence-corrected chi connectivity index (χ3v) is 4.94. The maximum absolute atomic E-state index is 12.4. The SMILES string of the molecule is CCOC(=O)C(=O)c1cc(CSc2cccc(Cl)c2)c(C(=O)OCC)n1C. The third kappa shape index (κ3) is 5.14. The first kappa shape index (κ1) is 21.1. The molecule has 0 aliphatic rings. The molecule has 0 atom stereocenters. The zero-order valence-corrected chi connectivity index (χ0v) is 16.9. The second-order valence-electron chi connectivity index (χ2n) is 5.48. The minimum Gasteiger partial charge on any atom is -0.461 e. The fourth-order valence-electron chi connectivity index (χ4n) is 2.48. The highest BCUT2D eigenvalue weighted by atomic mass is 35.5. The molecule has 8 heteroatoms. The fourth-order valence-corrected chi connectivity index (χ4v) is 3.66. The zero-order chi connectivity index (χ0) is 20.0. The first-order chi connectivity index (χ1) is 12.9. The highest BCUT2D eigenvalue weighted by Crippen LogP contribution is 2.28. The van der Waals surface area contributed by atoms with Crippen molar-refractivity contribution in [3.05, 3.63) is 52.3 Å². The van der Waals surface area contributed by atoms with Crippen LogP contribution in [0.2, 0.25) is 5.02 Å². The van der Waals surface area contributed by atoms with E-state index >= 15 is 0 Å². The molecule has 1 aromatic carbocycles. The van der Waals surface area contributed by atoms with Gasteiger partial charge in [-0.2, -0.15) is 0 Å². The van der Waals surface area contributed by atoms with Crippen LogP contribution in [-0.4, -0.2) is 35.5 Å². The molecule has 2 rings (SSSR count). The molecule has 1 heterocycles. The number of esters is 2. The van der Waals surface area contributed by atoms with Gasteiger partial charge < -0.3 is 14.0 Å². The molecule has 0 spiro atoms. The molecule has 1 aromatic heterocycles. The number of Topliss-reactive ketones (excluding diaryl/α,β-unsaturated/α-hetero) is 1. The minimum atomic E-state index is -0.956. The van der Waals surface area contributed by atoms with Crippen LogP contribution in [0.4, 0.5) is 0 Å². The van der Waals surface area contributed by atoms with Crippen molar-refractivity contribution in [2.24, 2.45) is 7.05 Å². The van der Waals surface area contributed by atoms with E-state index in [1.165, 1.54) is 22.4 Å². The first-order valence-electron chi connectivity index (χ1n) is 8.34. The molecule has 0 saturated heterocycles. The maximum atomic E-state index is 12.4. The number of ether oxygens (including phenoxy) is 2. The smallest absolute Gasteiger partial charge is 0.381 e. The van der Waals surface area contributed by atoms with Crippen molar-refractivity contribution < 1.29 is 23.9 Å². The summed E-state index contributed by atoms with van der Waals surface area (Å²) in [4.78, 5) is 37.5. The number of carbonyl (C=O) groups is 3. The number of thioether (sulfide) groups is 1. The van der Waals surface area contributed by atoms with Crippen LogP contribution < -0.4 is 0 Å². The largest absolute Gasteiger partial charge is 0.461 e. The molecule has 0 unspecified atom stereocenters. The Hall–Kier alpha value is -2.25. The fraction of sp³-hybridized carbons (Fsp3) is 0.316. The van der Waals surface area contributed by atoms with E-state index in [0.717, 1.165) is 4.90 Å². The quantitative estimate of drug-likeness (QED) is 0.285. The van der Waals surface area contributed by atoms with Crippen molar-refractivity contribution in [1.82, 2.24) is 4.57 Å². The number of hydrogen-bond donors (Lipinski definition) is 0. The number of rotatable bonds is 8. The number of ketones is 1. The van der Waals surface area contributed by atoms with Crippen LogP contribution in [0.1, 0.15) is 40.4 Å². The van der Waals surface area contributed by atoms with Gasteiger partial charge in [-0.1, -0.05) is 17.7 Å². The summed E-state index contributed by atoms with van der Waals surface area (Å²) in [6, 6.07) is 8.84. The van der Waals surface area contributed by atoms with Crippen molar-refractivity contribution in [2.75, 3.05) is 13.2 Å². The Bertz CT molecular complexity index is 862. The average Bonchev–Trinajstić information content (AvgIpc) is 2.96. The molecule has 0 fully saturated rings. The maximum Gasteiger partial charge on any atom is 0.381 e. The van der Waals surface area contributed by atoms with E-state index in [2.05, 4.69) is 0 Å². The van der Waals surface area contributed by atoms with E-state index in [4.69, 9.17) is 21.1 Å². The van der Waals surface area contributed by atoms with E-state index in [9.17, 15) is 14.4 Å². The molecular formula is C19H20ClNO5S. The number of nitrogens with zero attached hydrogens (tertiary/aromatic N) is 1. The average molecular weight is 410 g/mol. The Balaban J connectivity index is 2.35. The molecule has 6 nitrogen and oxygen atoms in total. The molecule has 144 valence electrons. The summed E-state index contributed by atoms with van der Waals surface area (Å²) in [5.74, 6) is -1.91. The van der Waals surface area contributed by atoms with Crippen LogP contribution in [0.3, 0.4) is 0 Å². The van der Waals surface area contributed by atoms with Crippen LogP contribution in [0.5, 0.6) is 0 Å². The van der Waals surface area contributed by atoms with Gasteiger partial charge in [0, 0.05) is 22.7 Å². The second kappa shape index (κ2) is 9.62. The van der Waals surface area contributed by atoms with Gasteiger partial charge in [-0.25, -0.2) is 9.59 Å². The van der Waals surface area contributed by atoms with Gasteiger partial charge in [-0.3, -0.25) is 4.79 Å². The molecule has 0 saturated carbocycles. The summed E-state index contributed by atoms with van der Waals surface area (Å²) in [6.45, 7) is 3.61. The number of halogens is 1. The van der Waals surface area contributed by atoms with Crippen LogP contribution in [0.15, 0.2) is 35.2 Å². The zero-order valence-electron chi connectivity index (χ0n) is 15.3. The summed E-state index contributed by atoms with van der Waals surface area (Å²) >= 11 is 7.45. The Labute approximate surface area is 166 Å². The molecule has 27 heavy (non-hydrogen) atoms. The third-order valence-electron chi connectivity index (χ3n) is 3.66. The Morgan fingerprint density at radius 1 is 1.11 bits per heavy atom. The summed E-state index contributed by atoms with van der Waals surface area (Å²) < 4.78 is 11.3. The Morgan fingerprint density at radius 3 is 2.44 bits per heavy atom. The standard InChI is InChI=1S/C19H20ClNO5S/c1-4-25-18(23)16-12(11-27-14-8-6-7-13(20)10-14)9-15(21(16)3)17(22)19(24)26-5-2/h6-10H,4-5,11H2,1-3H3. The number of benzene rings is 1. The van der Waals surface area contributed by atoms with Gasteiger partial charge in [-0.15, -0.1) is 11.8 Å². The predicted octanol–water partition coefficient (Wildman–Crippen LogP) is 3.89. The van der Waals surface area contributed by atoms with Gasteiger partial charge >= 0.3 is 11.9 Å². The molecule has 0 bridgehead atoms. The second-order valence-corrected chi connectivity index (χ2v) is 6.96. The van der Waals surface area contributed by atoms with Crippen LogP contribution >= 0.6 is 23.4 Å². The summed E-state index contributed by atoms with van der Waals surface area (Å²) in [5.41, 5.74) is 0.908. The predicted molar refractivity (Wildman–Crippen MR) is 103 cm³/mol. The number of aromatic nitrogens is 1. The molecule has 0 amide bonds. The topological polar surface area (TPSA) is 74.6 Å². The highest BCUT2D eigenvalue weighted by molar-refractivity contribution is 7.98. The lowest BCUT2D eigenvalue weighted by atomic mass is 10.2. The van der Waals surface area contributed by atoms with Crippen molar-refractivity contribution in [2.45, 2.75) is 24.5 Å². The monoisotopic (exact) mass is 409 g/mol. The lowest BCUT2D eigenvalue weighted by Gasteiger charge is -2.08. The summed E-state index contributed by atoms with van der Waals surface area (Å²) in [6.07, 6.45) is 0. The molecule has 0 aliphatic heterocycles. The van der Waals surface area contributed by atoms with Gasteiger partial charge in [0.25, 0.3) is 5.78 Å². The normalized spacial score (nSPS) is 10.5. The van der Waals surface area contributed by atoms with Gasteiger partial charge in [0.2, 0.25) is 0 Å². The molecule has 0 aliphatic carbocycles. The summed E-state index contributed by atoms with van der Waals surface area (Å²) in [7, 11) is 1.55. The Kier molecular flexibility index (Phi) is 7.50. The van der Waals surface area contributed by atoms with E-state index in [0.29, 0.717) is 16.3 Å². The van der Waals surface area contributed by atoms with Crippen molar-refractivity contribution in [3.63, 3.8) is 0 Å². The number of hydrogen-bond acceptors (Lipinski definition) is 6. The highest BCUT2D eigenvalue weighted by Gasteiger charge is 2.27. The van der Waals surface area contributed by atoms with Crippen molar-refractivity contribution >= 4 is 41.1 Å². The van der Waals surface area contributed by atoms with Crippen LogP contribution in [0.25, 0.3) is 0 Å². The van der Waals surface area contributed by atoms with E-state index in [1.54, 1.807) is 27.0 Å². The van der Waals surface area contributed by atoms with Crippen LogP contribution in [-0.2, 0) is 27.1 Å². The minimum absolute atomic E-state index is 0.0817. The summed E-state index contributed by atoms with van der Waals surface area (Å²) in [5, 5.41) is 0.608. The van der Waals surface area contributed by atoms with E-state index in [-0.39, 0.29) is 24.6 Å². The lowest BCUT2D eigenvalue weighted by molar-refractivity contribution is -0.137. The van der Waals surface area contributed by atoms with Gasteiger partial charge in [0.15, 0.2) is 0 Å². The Morgan fingerprint density at radius 2 is 1.81 bits per heavy atom. The van der Waals surface area contributed by atoms with E-state index < -0.39 is 17.7 Å². The first-order valence-corrected chi connectivity index (χ1v) is 9.70. The van der Waals surface area contributed by atoms with Crippen molar-refractivity contribution in [1.29, 1.82) is 0 Å². The molecule has 0 radical (unpaired) electrons.